The number of aliphatic imine (C=N–C) groups is 1. The molecule has 0 unspecified atom stereocenters. The van der Waals surface area contributed by atoms with Crippen LogP contribution in [0.4, 0.5) is 0 Å². The highest BCUT2D eigenvalue weighted by Crippen LogP contribution is 2.13. The Kier molecular flexibility index (Phi) is 19.1. The van der Waals surface area contributed by atoms with E-state index in [2.05, 4.69) is 17.2 Å². The van der Waals surface area contributed by atoms with Crippen LogP contribution in [0.25, 0.3) is 0 Å². The van der Waals surface area contributed by atoms with Gasteiger partial charge in [0.15, 0.2) is 5.96 Å². The lowest BCUT2D eigenvalue weighted by Gasteiger charge is -2.04. The molecule has 0 heterocycles. The van der Waals surface area contributed by atoms with E-state index in [1.54, 1.807) is 0 Å². The van der Waals surface area contributed by atoms with E-state index in [4.69, 9.17) is 11.5 Å². The van der Waals surface area contributed by atoms with Crippen LogP contribution in [0.3, 0.4) is 0 Å². The van der Waals surface area contributed by atoms with E-state index in [1.165, 1.54) is 83.5 Å². The first kappa shape index (κ1) is 24.7. The van der Waals surface area contributed by atoms with Crippen LogP contribution in [0.2, 0.25) is 0 Å². The number of nitrogens with zero attached hydrogens (tertiary/aromatic N) is 1. The molecular formula is C21H44N4O. The third-order valence-electron chi connectivity index (χ3n) is 4.74. The summed E-state index contributed by atoms with van der Waals surface area (Å²) >= 11 is 0. The van der Waals surface area contributed by atoms with Crippen LogP contribution in [-0.4, -0.2) is 25.0 Å². The molecule has 0 spiro atoms. The zero-order valence-electron chi connectivity index (χ0n) is 17.2. The Hall–Kier alpha value is -1.26. The van der Waals surface area contributed by atoms with Gasteiger partial charge in [0.1, 0.15) is 0 Å². The number of hydrogen-bond acceptors (Lipinski definition) is 2. The third-order valence-corrected chi connectivity index (χ3v) is 4.74. The normalized spacial score (nSPS) is 10.7. The molecule has 26 heavy (non-hydrogen) atoms. The van der Waals surface area contributed by atoms with Crippen LogP contribution in [0.1, 0.15) is 110 Å². The summed E-state index contributed by atoms with van der Waals surface area (Å²) in [5, 5.41) is 2.83. The Bertz CT molecular complexity index is 341. The smallest absolute Gasteiger partial charge is 0.220 e. The molecule has 0 bridgehead atoms. The van der Waals surface area contributed by atoms with Crippen molar-refractivity contribution in [1.29, 1.82) is 0 Å². The van der Waals surface area contributed by atoms with Crippen LogP contribution >= 0.6 is 0 Å². The van der Waals surface area contributed by atoms with Gasteiger partial charge in [0.05, 0.1) is 6.54 Å². The summed E-state index contributed by atoms with van der Waals surface area (Å²) in [7, 11) is 0. The first-order valence-electron chi connectivity index (χ1n) is 11.0. The average molecular weight is 369 g/mol. The number of amides is 1. The second-order valence-corrected chi connectivity index (χ2v) is 7.36. The van der Waals surface area contributed by atoms with Crippen LogP contribution in [-0.2, 0) is 4.79 Å². The summed E-state index contributed by atoms with van der Waals surface area (Å²) < 4.78 is 0. The van der Waals surface area contributed by atoms with E-state index in [9.17, 15) is 4.79 Å². The molecule has 154 valence electrons. The van der Waals surface area contributed by atoms with Gasteiger partial charge < -0.3 is 16.8 Å². The molecule has 0 aliphatic heterocycles. The molecule has 5 heteroatoms. The maximum atomic E-state index is 11.6. The molecule has 0 saturated carbocycles. The zero-order chi connectivity index (χ0) is 19.3. The number of guanidine groups is 1. The van der Waals surface area contributed by atoms with E-state index in [0.29, 0.717) is 19.5 Å². The topological polar surface area (TPSA) is 93.5 Å². The highest BCUT2D eigenvalue weighted by Gasteiger charge is 2.00. The van der Waals surface area contributed by atoms with Gasteiger partial charge in [0, 0.05) is 13.0 Å². The summed E-state index contributed by atoms with van der Waals surface area (Å²) in [5.41, 5.74) is 10.4. The third kappa shape index (κ3) is 20.8. The van der Waals surface area contributed by atoms with Crippen LogP contribution in [0.15, 0.2) is 4.99 Å². The Morgan fingerprint density at radius 1 is 0.731 bits per heavy atom. The second kappa shape index (κ2) is 20.1. The summed E-state index contributed by atoms with van der Waals surface area (Å²) in [5.74, 6) is 0.173. The highest BCUT2D eigenvalue weighted by molar-refractivity contribution is 5.76. The van der Waals surface area contributed by atoms with E-state index < -0.39 is 0 Å². The number of nitrogens with two attached hydrogens (primary N) is 2. The molecular weight excluding hydrogens is 324 g/mol. The van der Waals surface area contributed by atoms with Gasteiger partial charge in [-0.25, -0.2) is 0 Å². The van der Waals surface area contributed by atoms with Crippen molar-refractivity contribution in [2.45, 2.75) is 110 Å². The van der Waals surface area contributed by atoms with Gasteiger partial charge in [0.2, 0.25) is 5.91 Å². The molecule has 0 saturated heterocycles. The lowest BCUT2D eigenvalue weighted by atomic mass is 10.0. The number of carbonyl (C=O) groups excluding carboxylic acids is 1. The van der Waals surface area contributed by atoms with E-state index >= 15 is 0 Å². The van der Waals surface area contributed by atoms with Gasteiger partial charge in [0.25, 0.3) is 0 Å². The predicted octanol–water partition coefficient (Wildman–Crippen LogP) is 4.64. The Morgan fingerprint density at radius 3 is 1.58 bits per heavy atom. The summed E-state index contributed by atoms with van der Waals surface area (Å²) in [6.07, 6.45) is 20.7. The number of unbranched alkanes of at least 4 members (excludes halogenated alkanes) is 14. The van der Waals surface area contributed by atoms with Gasteiger partial charge in [-0.05, 0) is 6.42 Å². The Morgan fingerprint density at radius 2 is 1.15 bits per heavy atom. The molecule has 0 aromatic rings. The molecule has 0 aromatic carbocycles. The second-order valence-electron chi connectivity index (χ2n) is 7.36. The van der Waals surface area contributed by atoms with E-state index in [0.717, 1.165) is 12.8 Å². The fourth-order valence-corrected chi connectivity index (χ4v) is 3.13. The molecule has 0 aliphatic rings. The number of hydrogen-bond donors (Lipinski definition) is 3. The van der Waals surface area contributed by atoms with E-state index in [1.807, 2.05) is 0 Å². The van der Waals surface area contributed by atoms with Crippen LogP contribution in [0.5, 0.6) is 0 Å². The molecule has 5 nitrogen and oxygen atoms in total. The minimum Gasteiger partial charge on any atom is -0.370 e. The van der Waals surface area contributed by atoms with E-state index in [-0.39, 0.29) is 11.9 Å². The number of nitrogens with one attached hydrogen (secondary N) is 1. The maximum absolute atomic E-state index is 11.6. The minimum atomic E-state index is 0.0710. The van der Waals surface area contributed by atoms with Gasteiger partial charge >= 0.3 is 0 Å². The maximum Gasteiger partial charge on any atom is 0.220 e. The fourth-order valence-electron chi connectivity index (χ4n) is 3.13. The monoisotopic (exact) mass is 368 g/mol. The van der Waals surface area contributed by atoms with Gasteiger partial charge in [-0.1, -0.05) is 96.8 Å². The number of rotatable bonds is 19. The van der Waals surface area contributed by atoms with Crippen molar-refractivity contribution >= 4 is 11.9 Å². The quantitative estimate of drug-likeness (QED) is 0.176. The zero-order valence-corrected chi connectivity index (χ0v) is 17.2. The SMILES string of the molecule is CCCCCCCCCCCCCCCCCC(=O)NCCN=C(N)N. The van der Waals surface area contributed by atoms with Crippen LogP contribution in [0, 0.1) is 0 Å². The summed E-state index contributed by atoms with van der Waals surface area (Å²) in [6.45, 7) is 3.23. The summed E-state index contributed by atoms with van der Waals surface area (Å²) in [6, 6.07) is 0. The van der Waals surface area contributed by atoms with Gasteiger partial charge in [-0.2, -0.15) is 0 Å². The largest absolute Gasteiger partial charge is 0.370 e. The molecule has 0 aromatic heterocycles. The van der Waals surface area contributed by atoms with Crippen LogP contribution < -0.4 is 16.8 Å². The molecule has 0 aliphatic carbocycles. The molecule has 0 radical (unpaired) electrons. The van der Waals surface area contributed by atoms with Crippen molar-refractivity contribution in [2.24, 2.45) is 16.5 Å². The van der Waals surface area contributed by atoms with Crippen molar-refractivity contribution in [1.82, 2.24) is 5.32 Å². The molecule has 5 N–H and O–H groups in total. The van der Waals surface area contributed by atoms with Crippen molar-refractivity contribution in [2.75, 3.05) is 13.1 Å². The van der Waals surface area contributed by atoms with Crippen molar-refractivity contribution in [3.05, 3.63) is 0 Å². The Balaban J connectivity index is 3.15. The fraction of sp³-hybridized carbons (Fsp3) is 0.905. The molecule has 0 atom stereocenters. The molecule has 1 amide bonds. The van der Waals surface area contributed by atoms with Gasteiger partial charge in [-0.15, -0.1) is 0 Å². The first-order valence-corrected chi connectivity index (χ1v) is 11.0. The van der Waals surface area contributed by atoms with Crippen molar-refractivity contribution < 1.29 is 4.79 Å². The summed E-state index contributed by atoms with van der Waals surface area (Å²) in [4.78, 5) is 15.4. The molecule has 0 fully saturated rings. The molecule has 0 rings (SSSR count). The standard InChI is InChI=1S/C21H44N4O/c1-2-3-4-5-6-7-8-9-10-11-12-13-14-15-16-17-20(26)24-18-19-25-21(22)23/h2-19H2,1H3,(H,24,26)(H4,22,23,25). The lowest BCUT2D eigenvalue weighted by molar-refractivity contribution is -0.121. The van der Waals surface area contributed by atoms with Crippen molar-refractivity contribution in [3.8, 4) is 0 Å². The predicted molar refractivity (Wildman–Crippen MR) is 113 cm³/mol. The van der Waals surface area contributed by atoms with Gasteiger partial charge in [-0.3, -0.25) is 9.79 Å². The lowest BCUT2D eigenvalue weighted by Crippen LogP contribution is -2.28. The van der Waals surface area contributed by atoms with Crippen molar-refractivity contribution in [3.63, 3.8) is 0 Å². The Labute approximate surface area is 161 Å². The highest BCUT2D eigenvalue weighted by atomic mass is 16.1. The number of carbonyl (C=O) groups is 1. The first-order chi connectivity index (χ1) is 12.7. The minimum absolute atomic E-state index is 0.0710. The average Bonchev–Trinajstić information content (AvgIpc) is 2.62.